The largest absolute Gasteiger partial charge is 0.503 e. The monoisotopic (exact) mass is 547 g/mol. The number of para-hydroxylation sites is 2. The van der Waals surface area contributed by atoms with Crippen LogP contribution < -0.4 is 0 Å². The van der Waals surface area contributed by atoms with Crippen molar-refractivity contribution in [2.24, 2.45) is 0 Å². The molecule has 0 spiro atoms. The van der Waals surface area contributed by atoms with Gasteiger partial charge in [-0.2, -0.15) is 0 Å². The summed E-state index contributed by atoms with van der Waals surface area (Å²) in [6, 6.07) is 12.5. The molecule has 12 heteroatoms. The number of aromatic nitrogens is 2. The number of hydrogen-bond donors (Lipinski definition) is 1. The van der Waals surface area contributed by atoms with E-state index < -0.39 is 28.4 Å². The van der Waals surface area contributed by atoms with Gasteiger partial charge in [-0.05, 0) is 36.8 Å². The van der Waals surface area contributed by atoms with Crippen molar-refractivity contribution in [2.75, 3.05) is 39.4 Å². The topological polar surface area (TPSA) is 131 Å². The normalized spacial score (nSPS) is 18.5. The van der Waals surface area contributed by atoms with Gasteiger partial charge in [0.15, 0.2) is 10.7 Å². The van der Waals surface area contributed by atoms with Gasteiger partial charge in [-0.25, -0.2) is 4.98 Å². The number of fused-ring (bicyclic) bond motifs is 3. The highest BCUT2D eigenvalue weighted by atomic mass is 32.1. The minimum atomic E-state index is -0.891. The van der Waals surface area contributed by atoms with Gasteiger partial charge in [0.05, 0.1) is 45.7 Å². The number of nitro benzene ring substituents is 1. The molecule has 2 aromatic carbocycles. The molecule has 4 heterocycles. The molecule has 39 heavy (non-hydrogen) atoms. The standard InChI is InChI=1S/C27H25N5O6S/c1-16-25(39-27-28-19-4-2-3-5-20(19)31(16)27)23(33)21-22(17-6-8-18(9-7-17)32(36)37)30(26(35)24(21)34)11-10-29-12-14-38-15-13-29/h2-9,22,34H,10-15H2,1H3. The molecule has 200 valence electrons. The first kappa shape index (κ1) is 25.2. The highest BCUT2D eigenvalue weighted by Crippen LogP contribution is 2.41. The van der Waals surface area contributed by atoms with Gasteiger partial charge in [-0.3, -0.25) is 29.0 Å². The number of hydrogen-bond acceptors (Lipinski definition) is 9. The van der Waals surface area contributed by atoms with Crippen LogP contribution in [-0.2, 0) is 9.53 Å². The molecule has 0 aliphatic carbocycles. The Morgan fingerprint density at radius 3 is 2.59 bits per heavy atom. The van der Waals surface area contributed by atoms with Crippen molar-refractivity contribution in [3.8, 4) is 0 Å². The van der Waals surface area contributed by atoms with Gasteiger partial charge in [-0.15, -0.1) is 0 Å². The van der Waals surface area contributed by atoms with Gasteiger partial charge in [0.1, 0.15) is 0 Å². The predicted octanol–water partition coefficient (Wildman–Crippen LogP) is 3.68. The van der Waals surface area contributed by atoms with Crippen LogP contribution in [0.25, 0.3) is 16.0 Å². The number of non-ortho nitro benzene ring substituents is 1. The van der Waals surface area contributed by atoms with Gasteiger partial charge >= 0.3 is 0 Å². The zero-order chi connectivity index (χ0) is 27.3. The molecule has 1 N–H and O–H groups in total. The maximum atomic E-state index is 14.1. The number of benzene rings is 2. The van der Waals surface area contributed by atoms with Crippen molar-refractivity contribution in [1.82, 2.24) is 19.2 Å². The minimum absolute atomic E-state index is 0.0345. The minimum Gasteiger partial charge on any atom is -0.503 e. The number of amides is 1. The number of carbonyl (C=O) groups is 2. The lowest BCUT2D eigenvalue weighted by molar-refractivity contribution is -0.384. The molecule has 1 unspecified atom stereocenters. The number of thiazole rings is 1. The van der Waals surface area contributed by atoms with Crippen LogP contribution in [0, 0.1) is 17.0 Å². The third-order valence-electron chi connectivity index (χ3n) is 7.32. The lowest BCUT2D eigenvalue weighted by Gasteiger charge is -2.31. The molecule has 1 fully saturated rings. The summed E-state index contributed by atoms with van der Waals surface area (Å²) >= 11 is 1.20. The Hall–Kier alpha value is -4.13. The molecule has 2 aliphatic rings. The summed E-state index contributed by atoms with van der Waals surface area (Å²) in [7, 11) is 0. The number of Topliss-reactive ketones (excluding diaryl/α,β-unsaturated/α-hetero) is 1. The third-order valence-corrected chi connectivity index (χ3v) is 8.46. The van der Waals surface area contributed by atoms with Crippen molar-refractivity contribution in [2.45, 2.75) is 13.0 Å². The van der Waals surface area contributed by atoms with Crippen LogP contribution >= 0.6 is 11.3 Å². The second kappa shape index (κ2) is 9.88. The average molecular weight is 548 g/mol. The molecule has 11 nitrogen and oxygen atoms in total. The fourth-order valence-corrected chi connectivity index (χ4v) is 6.41. The Morgan fingerprint density at radius 2 is 1.87 bits per heavy atom. The van der Waals surface area contributed by atoms with Crippen molar-refractivity contribution in [3.05, 3.63) is 86.1 Å². The highest BCUT2D eigenvalue weighted by Gasteiger charge is 2.44. The maximum absolute atomic E-state index is 14.1. The number of ether oxygens (including phenoxy) is 1. The number of rotatable bonds is 7. The van der Waals surface area contributed by atoms with E-state index in [9.17, 15) is 24.8 Å². The first-order valence-electron chi connectivity index (χ1n) is 12.5. The van der Waals surface area contributed by atoms with E-state index in [1.165, 1.54) is 40.5 Å². The summed E-state index contributed by atoms with van der Waals surface area (Å²) in [6.45, 7) is 5.25. The number of nitro groups is 1. The molecule has 4 aromatic rings. The van der Waals surface area contributed by atoms with Crippen LogP contribution in [0.4, 0.5) is 5.69 Å². The fraction of sp³-hybridized carbons (Fsp3) is 0.296. The van der Waals surface area contributed by atoms with Crippen molar-refractivity contribution in [3.63, 3.8) is 0 Å². The maximum Gasteiger partial charge on any atom is 0.290 e. The first-order chi connectivity index (χ1) is 18.8. The third kappa shape index (κ3) is 4.26. The summed E-state index contributed by atoms with van der Waals surface area (Å²) < 4.78 is 7.31. The van der Waals surface area contributed by atoms with Crippen LogP contribution in [0.3, 0.4) is 0 Å². The van der Waals surface area contributed by atoms with Gasteiger partial charge in [0, 0.05) is 44.0 Å². The molecule has 2 aliphatic heterocycles. The zero-order valence-corrected chi connectivity index (χ0v) is 21.9. The Morgan fingerprint density at radius 1 is 1.15 bits per heavy atom. The molecule has 1 atom stereocenters. The molecule has 6 rings (SSSR count). The van der Waals surface area contributed by atoms with E-state index in [1.54, 1.807) is 0 Å². The number of aryl methyl sites for hydroxylation is 1. The van der Waals surface area contributed by atoms with Gasteiger partial charge in [0.25, 0.3) is 11.6 Å². The van der Waals surface area contributed by atoms with Gasteiger partial charge < -0.3 is 14.7 Å². The van der Waals surface area contributed by atoms with Crippen molar-refractivity contribution >= 4 is 44.7 Å². The Labute approximate surface area is 226 Å². The number of aliphatic hydroxyl groups is 1. The van der Waals surface area contributed by atoms with Crippen LogP contribution in [0.2, 0.25) is 0 Å². The summed E-state index contributed by atoms with van der Waals surface area (Å²) in [5, 5.41) is 22.3. The Balaban J connectivity index is 1.40. The fourth-order valence-electron chi connectivity index (χ4n) is 5.31. The van der Waals surface area contributed by atoms with E-state index in [1.807, 2.05) is 35.6 Å². The number of imidazole rings is 1. The van der Waals surface area contributed by atoms with Crippen LogP contribution in [0.15, 0.2) is 59.9 Å². The lowest BCUT2D eigenvalue weighted by Crippen LogP contribution is -2.43. The molecular weight excluding hydrogens is 522 g/mol. The van der Waals surface area contributed by atoms with E-state index in [-0.39, 0.29) is 17.8 Å². The van der Waals surface area contributed by atoms with E-state index >= 15 is 0 Å². The van der Waals surface area contributed by atoms with Crippen molar-refractivity contribution in [1.29, 1.82) is 0 Å². The molecular formula is C27H25N5O6S. The van der Waals surface area contributed by atoms with Crippen molar-refractivity contribution < 1.29 is 24.4 Å². The second-order valence-corrected chi connectivity index (χ2v) is 10.5. The van der Waals surface area contributed by atoms with Gasteiger partial charge in [0.2, 0.25) is 5.78 Å². The number of nitrogens with zero attached hydrogens (tertiary/aromatic N) is 5. The smallest absolute Gasteiger partial charge is 0.290 e. The van der Waals surface area contributed by atoms with E-state index in [4.69, 9.17) is 4.74 Å². The molecule has 1 amide bonds. The van der Waals surface area contributed by atoms with Gasteiger partial charge in [-0.1, -0.05) is 23.5 Å². The average Bonchev–Trinajstić information content (AvgIpc) is 3.56. The first-order valence-corrected chi connectivity index (χ1v) is 13.4. The molecule has 0 saturated carbocycles. The number of aliphatic hydroxyl groups excluding tert-OH is 1. The SMILES string of the molecule is Cc1c(C(=O)C2=C(O)C(=O)N(CCN3CCOCC3)C2c2ccc([N+](=O)[O-])cc2)sc2nc3ccccc3n12. The second-order valence-electron chi connectivity index (χ2n) is 9.53. The quantitative estimate of drug-likeness (QED) is 0.211. The molecule has 1 saturated heterocycles. The van der Waals surface area contributed by atoms with Crippen LogP contribution in [-0.4, -0.2) is 80.3 Å². The summed E-state index contributed by atoms with van der Waals surface area (Å²) in [5.74, 6) is -1.70. The van der Waals surface area contributed by atoms with Crippen LogP contribution in [0.1, 0.15) is 27.0 Å². The lowest BCUT2D eigenvalue weighted by atomic mass is 9.95. The summed E-state index contributed by atoms with van der Waals surface area (Å²) in [5.41, 5.74) is 2.70. The van der Waals surface area contributed by atoms with Crippen LogP contribution in [0.5, 0.6) is 0 Å². The van der Waals surface area contributed by atoms with E-state index in [0.717, 1.165) is 24.1 Å². The highest BCUT2D eigenvalue weighted by molar-refractivity contribution is 7.19. The van der Waals surface area contributed by atoms with E-state index in [2.05, 4.69) is 9.88 Å². The molecule has 2 aromatic heterocycles. The predicted molar refractivity (Wildman–Crippen MR) is 144 cm³/mol. The number of ketones is 1. The molecule has 0 radical (unpaired) electrons. The summed E-state index contributed by atoms with van der Waals surface area (Å²) in [4.78, 5) is 47.5. The zero-order valence-electron chi connectivity index (χ0n) is 21.1. The Bertz CT molecular complexity index is 1650. The van der Waals surface area contributed by atoms with E-state index in [0.29, 0.717) is 40.9 Å². The number of morpholine rings is 1. The molecule has 0 bridgehead atoms. The number of carbonyl (C=O) groups excluding carboxylic acids is 2. The summed E-state index contributed by atoms with van der Waals surface area (Å²) in [6.07, 6.45) is 0. The Kier molecular flexibility index (Phi) is 6.37.